The van der Waals surface area contributed by atoms with E-state index in [2.05, 4.69) is 23.5 Å². The lowest BCUT2D eigenvalue weighted by atomic mass is 9.39. The van der Waals surface area contributed by atoms with Gasteiger partial charge in [-0.3, -0.25) is 4.79 Å². The van der Waals surface area contributed by atoms with Crippen LogP contribution in [-0.2, 0) is 4.74 Å². The molecule has 0 aliphatic heterocycles. The van der Waals surface area contributed by atoms with Crippen molar-refractivity contribution in [3.8, 4) is 0 Å². The lowest BCUT2D eigenvalue weighted by molar-refractivity contribution is 0.133. The molecule has 0 radical (unpaired) electrons. The molecule has 1 heterocycles. The first kappa shape index (κ1) is 15.3. The Balaban J connectivity index is 2.53. The Morgan fingerprint density at radius 1 is 1.53 bits per heavy atom. The molecule has 5 nitrogen and oxygen atoms in total. The number of hydrogen-bond acceptors (Lipinski definition) is 3. The van der Waals surface area contributed by atoms with Gasteiger partial charge in [0.25, 0.3) is 0 Å². The monoisotopic (exact) mass is 264 g/mol. The van der Waals surface area contributed by atoms with E-state index in [1.807, 2.05) is 6.07 Å². The number of rotatable bonds is 5. The highest BCUT2D eigenvalue weighted by Gasteiger charge is 2.19. The summed E-state index contributed by atoms with van der Waals surface area (Å²) in [6, 6.07) is 3.39. The smallest absolute Gasteiger partial charge is 0.409 e. The second kappa shape index (κ2) is 7.02. The Kier molecular flexibility index (Phi) is 5.67. The third-order valence-corrected chi connectivity index (χ3v) is 3.59. The molecule has 104 valence electrons. The highest BCUT2D eigenvalue weighted by atomic mass is 16.5. The maximum Gasteiger partial charge on any atom is 0.409 e. The van der Waals surface area contributed by atoms with Gasteiger partial charge in [0, 0.05) is 19.7 Å². The summed E-state index contributed by atoms with van der Waals surface area (Å²) in [7, 11) is 3.11. The minimum Gasteiger partial charge on any atom is -0.453 e. The number of pyridine rings is 1. The molecule has 0 bridgehead atoms. The summed E-state index contributed by atoms with van der Waals surface area (Å²) in [6.07, 6.45) is 2.32. The number of carbonyl (C=O) groups excluding carboxylic acids is 1. The Hall–Kier alpha value is -1.72. The first-order valence-corrected chi connectivity index (χ1v) is 6.43. The first-order valence-electron chi connectivity index (χ1n) is 6.43. The fourth-order valence-electron chi connectivity index (χ4n) is 1.93. The number of nitrogens with one attached hydrogen (secondary N) is 1. The number of amides is 1. The lowest BCUT2D eigenvalue weighted by Gasteiger charge is -2.21. The normalized spacial score (nSPS) is 11.8. The number of methoxy groups -OCH3 is 1. The molecule has 6 heteroatoms. The van der Waals surface area contributed by atoms with Crippen molar-refractivity contribution in [3.05, 3.63) is 28.7 Å². The predicted molar refractivity (Wildman–Crippen MR) is 77.4 cm³/mol. The van der Waals surface area contributed by atoms with Gasteiger partial charge >= 0.3 is 6.09 Å². The molecule has 19 heavy (non-hydrogen) atoms. The summed E-state index contributed by atoms with van der Waals surface area (Å²) in [5.74, 6) is 0.401. The van der Waals surface area contributed by atoms with Gasteiger partial charge < -0.3 is 14.6 Å². The molecule has 1 unspecified atom stereocenters. The van der Waals surface area contributed by atoms with E-state index < -0.39 is 0 Å². The second-order valence-electron chi connectivity index (χ2n) is 4.93. The number of nitrogens with zero attached hydrogens (tertiary/aromatic N) is 1. The average molecular weight is 264 g/mol. The van der Waals surface area contributed by atoms with Crippen LogP contribution >= 0.6 is 0 Å². The third-order valence-electron chi connectivity index (χ3n) is 3.59. The molecule has 1 aromatic rings. The van der Waals surface area contributed by atoms with Crippen LogP contribution in [0.15, 0.2) is 23.1 Å². The molecule has 0 aliphatic carbocycles. The van der Waals surface area contributed by atoms with E-state index in [0.717, 1.165) is 11.9 Å². The Bertz CT molecular complexity index is 455. The SMILES string of the molecule is COC(=O)N(C)CCC(C)B(C)c1ccc(=O)[nH]c1. The summed E-state index contributed by atoms with van der Waals surface area (Å²) >= 11 is 0. The van der Waals surface area contributed by atoms with Gasteiger partial charge in [0.05, 0.1) is 7.11 Å². The van der Waals surface area contributed by atoms with Crippen LogP contribution < -0.4 is 11.0 Å². The van der Waals surface area contributed by atoms with Gasteiger partial charge in [-0.15, -0.1) is 0 Å². The maximum absolute atomic E-state index is 11.3. The number of H-pyrrole nitrogens is 1. The van der Waals surface area contributed by atoms with Crippen LogP contribution in [0, 0.1) is 0 Å². The predicted octanol–water partition coefficient (Wildman–Crippen LogP) is 1.18. The van der Waals surface area contributed by atoms with Gasteiger partial charge in [-0.2, -0.15) is 0 Å². The number of hydrogen-bond donors (Lipinski definition) is 1. The zero-order chi connectivity index (χ0) is 14.4. The Labute approximate surface area is 114 Å². The molecular weight excluding hydrogens is 243 g/mol. The van der Waals surface area contributed by atoms with E-state index in [1.165, 1.54) is 7.11 Å². The molecule has 0 saturated carbocycles. The topological polar surface area (TPSA) is 62.4 Å². The standard InChI is InChI=1S/C13H21BN2O3/c1-10(7-8-16(3)13(18)19-4)14(2)11-5-6-12(17)15-9-11/h5-6,9-10H,7-8H2,1-4H3,(H,15,17). The zero-order valence-electron chi connectivity index (χ0n) is 12.0. The van der Waals surface area contributed by atoms with Crippen LogP contribution in [0.2, 0.25) is 12.6 Å². The van der Waals surface area contributed by atoms with E-state index in [-0.39, 0.29) is 11.7 Å². The summed E-state index contributed by atoms with van der Waals surface area (Å²) in [6.45, 7) is 5.24. The Morgan fingerprint density at radius 2 is 2.21 bits per heavy atom. The van der Waals surface area contributed by atoms with Crippen molar-refractivity contribution < 1.29 is 9.53 Å². The van der Waals surface area contributed by atoms with Crippen molar-refractivity contribution in [2.75, 3.05) is 20.7 Å². The number of carbonyl (C=O) groups is 1. The molecule has 1 amide bonds. The summed E-state index contributed by atoms with van der Waals surface area (Å²) < 4.78 is 4.65. The van der Waals surface area contributed by atoms with Crippen molar-refractivity contribution in [1.29, 1.82) is 0 Å². The van der Waals surface area contributed by atoms with Gasteiger partial charge in [-0.05, 0) is 12.6 Å². The van der Waals surface area contributed by atoms with E-state index in [9.17, 15) is 9.59 Å². The molecule has 0 aliphatic rings. The number of aromatic amines is 1. The minimum atomic E-state index is -0.316. The molecular formula is C13H21BN2O3. The molecule has 0 saturated heterocycles. The summed E-state index contributed by atoms with van der Waals surface area (Å²) in [4.78, 5) is 26.5. The van der Waals surface area contributed by atoms with Gasteiger partial charge in [-0.25, -0.2) is 4.79 Å². The van der Waals surface area contributed by atoms with E-state index >= 15 is 0 Å². The molecule has 1 rings (SSSR count). The molecule has 0 spiro atoms. The number of aromatic nitrogens is 1. The molecule has 1 atom stereocenters. The molecule has 0 aromatic carbocycles. The van der Waals surface area contributed by atoms with Gasteiger partial charge in [-0.1, -0.05) is 31.1 Å². The summed E-state index contributed by atoms with van der Waals surface area (Å²) in [5, 5.41) is 0. The van der Waals surface area contributed by atoms with E-state index in [0.29, 0.717) is 19.1 Å². The molecule has 0 fully saturated rings. The van der Waals surface area contributed by atoms with E-state index in [1.54, 1.807) is 24.2 Å². The van der Waals surface area contributed by atoms with Crippen LogP contribution in [-0.4, -0.2) is 43.4 Å². The van der Waals surface area contributed by atoms with Gasteiger partial charge in [0.15, 0.2) is 6.71 Å². The highest BCUT2D eigenvalue weighted by molar-refractivity contribution is 6.73. The first-order chi connectivity index (χ1) is 8.95. The minimum absolute atomic E-state index is 0.0889. The van der Waals surface area contributed by atoms with Crippen molar-refractivity contribution in [3.63, 3.8) is 0 Å². The van der Waals surface area contributed by atoms with Crippen LogP contribution in [0.25, 0.3) is 0 Å². The fraction of sp³-hybridized carbons (Fsp3) is 0.538. The third kappa shape index (κ3) is 4.46. The van der Waals surface area contributed by atoms with Crippen molar-refractivity contribution in [1.82, 2.24) is 9.88 Å². The highest BCUT2D eigenvalue weighted by Crippen LogP contribution is 2.14. The van der Waals surface area contributed by atoms with Gasteiger partial charge in [0.1, 0.15) is 0 Å². The maximum atomic E-state index is 11.3. The van der Waals surface area contributed by atoms with Crippen LogP contribution in [0.4, 0.5) is 4.79 Å². The lowest BCUT2D eigenvalue weighted by Crippen LogP contribution is -2.35. The van der Waals surface area contributed by atoms with E-state index in [4.69, 9.17) is 0 Å². The zero-order valence-corrected chi connectivity index (χ0v) is 12.0. The van der Waals surface area contributed by atoms with Gasteiger partial charge in [0.2, 0.25) is 5.56 Å². The van der Waals surface area contributed by atoms with Crippen LogP contribution in [0.5, 0.6) is 0 Å². The fourth-order valence-corrected chi connectivity index (χ4v) is 1.93. The van der Waals surface area contributed by atoms with Crippen LogP contribution in [0.1, 0.15) is 13.3 Å². The second-order valence-corrected chi connectivity index (χ2v) is 4.93. The van der Waals surface area contributed by atoms with Crippen molar-refractivity contribution in [2.45, 2.75) is 26.0 Å². The van der Waals surface area contributed by atoms with Crippen LogP contribution in [0.3, 0.4) is 0 Å². The van der Waals surface area contributed by atoms with Crippen molar-refractivity contribution >= 4 is 18.3 Å². The Morgan fingerprint density at radius 3 is 2.74 bits per heavy atom. The number of ether oxygens (including phenoxy) is 1. The van der Waals surface area contributed by atoms with Crippen molar-refractivity contribution in [2.24, 2.45) is 0 Å². The summed E-state index contributed by atoms with van der Waals surface area (Å²) in [5.41, 5.74) is 1.02. The molecule has 1 aromatic heterocycles. The molecule has 1 N–H and O–H groups in total. The average Bonchev–Trinajstić information content (AvgIpc) is 2.43. The largest absolute Gasteiger partial charge is 0.453 e. The quantitative estimate of drug-likeness (QED) is 0.812.